The van der Waals surface area contributed by atoms with Crippen molar-refractivity contribution in [2.24, 2.45) is 0 Å². The van der Waals surface area contributed by atoms with Crippen LogP contribution in [-0.2, 0) is 4.79 Å². The van der Waals surface area contributed by atoms with Crippen LogP contribution in [0.2, 0.25) is 0 Å². The van der Waals surface area contributed by atoms with Crippen molar-refractivity contribution in [2.75, 3.05) is 6.61 Å². The Hall–Kier alpha value is -4.36. The number of nitrogens with zero attached hydrogens (tertiary/aromatic N) is 1. The molecule has 1 N–H and O–H groups in total. The average Bonchev–Trinajstić information content (AvgIpc) is 2.87. The predicted octanol–water partition coefficient (Wildman–Crippen LogP) is 5.51. The number of rotatable bonds is 7. The Kier molecular flexibility index (Phi) is 6.60. The Labute approximate surface area is 187 Å². The molecule has 4 heteroatoms. The second-order valence-electron chi connectivity index (χ2n) is 7.32. The van der Waals surface area contributed by atoms with E-state index in [1.165, 1.54) is 0 Å². The summed E-state index contributed by atoms with van der Waals surface area (Å²) in [6, 6.07) is 36.6. The van der Waals surface area contributed by atoms with Crippen LogP contribution in [0, 0.1) is 11.3 Å². The summed E-state index contributed by atoms with van der Waals surface area (Å²) < 4.78 is 5.71. The van der Waals surface area contributed by atoms with Crippen molar-refractivity contribution in [3.8, 4) is 22.9 Å². The number of carbonyl (C=O) groups is 1. The molecule has 4 rings (SSSR count). The molecule has 0 aliphatic carbocycles. The monoisotopic (exact) mass is 418 g/mol. The fraction of sp³-hybridized carbons (Fsp3) is 0.0714. The first-order valence-electron chi connectivity index (χ1n) is 10.4. The lowest BCUT2D eigenvalue weighted by molar-refractivity contribution is -0.123. The molecule has 0 fully saturated rings. The number of hydrogen-bond acceptors (Lipinski definition) is 3. The summed E-state index contributed by atoms with van der Waals surface area (Å²) in [6.07, 6.45) is 0. The molecule has 0 aromatic heterocycles. The summed E-state index contributed by atoms with van der Waals surface area (Å²) in [5.41, 5.74) is 4.68. The molecule has 0 heterocycles. The first-order valence-corrected chi connectivity index (χ1v) is 10.4. The van der Waals surface area contributed by atoms with E-state index in [4.69, 9.17) is 10.00 Å². The first-order chi connectivity index (χ1) is 15.7. The summed E-state index contributed by atoms with van der Waals surface area (Å²) >= 11 is 0. The van der Waals surface area contributed by atoms with Crippen molar-refractivity contribution in [1.29, 1.82) is 5.26 Å². The zero-order valence-electron chi connectivity index (χ0n) is 17.4. The summed E-state index contributed by atoms with van der Waals surface area (Å²) in [4.78, 5) is 12.7. The molecular weight excluding hydrogens is 396 g/mol. The van der Waals surface area contributed by atoms with Gasteiger partial charge >= 0.3 is 0 Å². The van der Waals surface area contributed by atoms with Crippen LogP contribution >= 0.6 is 0 Å². The maximum atomic E-state index is 12.7. The maximum Gasteiger partial charge on any atom is 0.258 e. The number of ether oxygens (including phenoxy) is 1. The van der Waals surface area contributed by atoms with Crippen molar-refractivity contribution in [1.82, 2.24) is 5.32 Å². The van der Waals surface area contributed by atoms with Crippen LogP contribution in [0.3, 0.4) is 0 Å². The quantitative estimate of drug-likeness (QED) is 0.430. The molecule has 0 aliphatic heterocycles. The molecule has 0 unspecified atom stereocenters. The molecule has 156 valence electrons. The van der Waals surface area contributed by atoms with Crippen LogP contribution in [0.4, 0.5) is 0 Å². The molecule has 0 aliphatic rings. The van der Waals surface area contributed by atoms with Crippen LogP contribution < -0.4 is 10.1 Å². The van der Waals surface area contributed by atoms with Gasteiger partial charge in [-0.05, 0) is 46.5 Å². The third kappa shape index (κ3) is 5.21. The van der Waals surface area contributed by atoms with Crippen LogP contribution in [0.1, 0.15) is 22.7 Å². The Morgan fingerprint density at radius 2 is 1.25 bits per heavy atom. The van der Waals surface area contributed by atoms with Crippen LogP contribution in [0.5, 0.6) is 5.75 Å². The van der Waals surface area contributed by atoms with Gasteiger partial charge in [-0.15, -0.1) is 0 Å². The van der Waals surface area contributed by atoms with Crippen LogP contribution in [-0.4, -0.2) is 12.5 Å². The highest BCUT2D eigenvalue weighted by Crippen LogP contribution is 2.24. The smallest absolute Gasteiger partial charge is 0.258 e. The Morgan fingerprint density at radius 1 is 0.750 bits per heavy atom. The number of nitrogens with one attached hydrogen (secondary N) is 1. The lowest BCUT2D eigenvalue weighted by atomic mass is 9.99. The molecule has 4 nitrogen and oxygen atoms in total. The highest BCUT2D eigenvalue weighted by Gasteiger charge is 2.16. The van der Waals surface area contributed by atoms with Gasteiger partial charge in [-0.3, -0.25) is 4.79 Å². The van der Waals surface area contributed by atoms with Gasteiger partial charge in [0.1, 0.15) is 5.75 Å². The summed E-state index contributed by atoms with van der Waals surface area (Å²) in [5, 5.41) is 12.0. The van der Waals surface area contributed by atoms with E-state index in [-0.39, 0.29) is 18.6 Å². The first kappa shape index (κ1) is 20.9. The average molecular weight is 418 g/mol. The molecule has 0 saturated carbocycles. The summed E-state index contributed by atoms with van der Waals surface area (Å²) in [6.45, 7) is -0.0770. The van der Waals surface area contributed by atoms with Gasteiger partial charge in [0.25, 0.3) is 5.91 Å². The lowest BCUT2D eigenvalue weighted by Gasteiger charge is -2.20. The lowest BCUT2D eigenvalue weighted by Crippen LogP contribution is -2.33. The minimum atomic E-state index is -0.243. The fourth-order valence-corrected chi connectivity index (χ4v) is 3.48. The van der Waals surface area contributed by atoms with Crippen molar-refractivity contribution in [2.45, 2.75) is 6.04 Å². The van der Waals surface area contributed by atoms with Gasteiger partial charge in [0.05, 0.1) is 17.7 Å². The molecule has 0 spiro atoms. The van der Waals surface area contributed by atoms with E-state index < -0.39 is 0 Å². The van der Waals surface area contributed by atoms with Gasteiger partial charge in [0, 0.05) is 0 Å². The minimum Gasteiger partial charge on any atom is -0.484 e. The third-order valence-electron chi connectivity index (χ3n) is 5.14. The number of nitriles is 1. The van der Waals surface area contributed by atoms with Crippen molar-refractivity contribution in [3.63, 3.8) is 0 Å². The number of hydrogen-bond donors (Lipinski definition) is 1. The van der Waals surface area contributed by atoms with Gasteiger partial charge in [0.15, 0.2) is 6.61 Å². The van der Waals surface area contributed by atoms with Crippen molar-refractivity contribution in [3.05, 3.63) is 126 Å². The van der Waals surface area contributed by atoms with E-state index >= 15 is 0 Å². The summed E-state index contributed by atoms with van der Waals surface area (Å²) in [7, 11) is 0. The third-order valence-corrected chi connectivity index (χ3v) is 5.14. The largest absolute Gasteiger partial charge is 0.484 e. The molecule has 0 atom stereocenters. The van der Waals surface area contributed by atoms with Gasteiger partial charge in [-0.2, -0.15) is 5.26 Å². The molecule has 4 aromatic carbocycles. The number of amides is 1. The number of benzene rings is 4. The van der Waals surface area contributed by atoms with Crippen molar-refractivity contribution < 1.29 is 9.53 Å². The second-order valence-corrected chi connectivity index (χ2v) is 7.32. The molecular formula is C28H22N2O2. The van der Waals surface area contributed by atoms with Gasteiger partial charge < -0.3 is 10.1 Å². The van der Waals surface area contributed by atoms with Gasteiger partial charge in [-0.1, -0.05) is 84.9 Å². The number of carbonyl (C=O) groups excluding carboxylic acids is 1. The van der Waals surface area contributed by atoms with E-state index in [0.717, 1.165) is 22.3 Å². The predicted molar refractivity (Wildman–Crippen MR) is 125 cm³/mol. The van der Waals surface area contributed by atoms with E-state index in [1.54, 1.807) is 12.1 Å². The standard InChI is InChI=1S/C28H22N2O2/c29-19-21-11-13-22(14-12-21)23-15-17-26(18-16-23)32-20-27(31)30-28(24-7-3-1-4-8-24)25-9-5-2-6-10-25/h1-18,28H,20H2,(H,30,31). The topological polar surface area (TPSA) is 62.1 Å². The Balaban J connectivity index is 1.39. The highest BCUT2D eigenvalue weighted by atomic mass is 16.5. The maximum absolute atomic E-state index is 12.7. The Morgan fingerprint density at radius 3 is 1.75 bits per heavy atom. The van der Waals surface area contributed by atoms with Crippen LogP contribution in [0.15, 0.2) is 109 Å². The normalized spacial score (nSPS) is 10.4. The Bertz CT molecular complexity index is 1160. The molecule has 32 heavy (non-hydrogen) atoms. The molecule has 1 amide bonds. The fourth-order valence-electron chi connectivity index (χ4n) is 3.48. The van der Waals surface area contributed by atoms with Crippen molar-refractivity contribution >= 4 is 5.91 Å². The summed E-state index contributed by atoms with van der Waals surface area (Å²) in [5.74, 6) is 0.424. The van der Waals surface area contributed by atoms with Crippen LogP contribution in [0.25, 0.3) is 11.1 Å². The van der Waals surface area contributed by atoms with Gasteiger partial charge in [-0.25, -0.2) is 0 Å². The van der Waals surface area contributed by atoms with E-state index in [9.17, 15) is 4.79 Å². The zero-order valence-corrected chi connectivity index (χ0v) is 17.4. The van der Waals surface area contributed by atoms with E-state index in [2.05, 4.69) is 11.4 Å². The highest BCUT2D eigenvalue weighted by molar-refractivity contribution is 5.78. The van der Waals surface area contributed by atoms with E-state index in [1.807, 2.05) is 97.1 Å². The molecule has 0 radical (unpaired) electrons. The van der Waals surface area contributed by atoms with E-state index in [0.29, 0.717) is 11.3 Å². The second kappa shape index (κ2) is 10.1. The van der Waals surface area contributed by atoms with Gasteiger partial charge in [0.2, 0.25) is 0 Å². The zero-order chi connectivity index (χ0) is 22.2. The minimum absolute atomic E-state index is 0.0770. The SMILES string of the molecule is N#Cc1ccc(-c2ccc(OCC(=O)NC(c3ccccc3)c3ccccc3)cc2)cc1. The molecule has 4 aromatic rings. The molecule has 0 saturated heterocycles. The molecule has 0 bridgehead atoms.